The molecule has 80 valence electrons. The molecule has 0 spiro atoms. The first-order valence-electron chi connectivity index (χ1n) is 4.46. The average molecular weight is 200 g/mol. The molecule has 14 heavy (non-hydrogen) atoms. The van der Waals surface area contributed by atoms with Crippen molar-refractivity contribution in [2.24, 2.45) is 5.73 Å². The van der Waals surface area contributed by atoms with Crippen LogP contribution in [0.15, 0.2) is 0 Å². The molecule has 0 bridgehead atoms. The number of Topliss-reactive ketones (excluding diaryl/α,β-unsaturated/α-hetero) is 1. The Hall–Kier alpha value is -1.23. The van der Waals surface area contributed by atoms with Crippen LogP contribution in [-0.4, -0.2) is 30.1 Å². The highest BCUT2D eigenvalue weighted by Gasteiger charge is 2.16. The SMILES string of the molecule is CC(C)OC(=O)[C@@H](N)CCC(=O)C=N. The van der Waals surface area contributed by atoms with Gasteiger partial charge >= 0.3 is 5.97 Å². The molecule has 0 aromatic carbocycles. The normalized spacial score (nSPS) is 12.3. The van der Waals surface area contributed by atoms with Crippen LogP contribution in [0.1, 0.15) is 26.7 Å². The molecule has 0 aliphatic rings. The highest BCUT2D eigenvalue weighted by atomic mass is 16.5. The van der Waals surface area contributed by atoms with Gasteiger partial charge in [-0.25, -0.2) is 0 Å². The summed E-state index contributed by atoms with van der Waals surface area (Å²) in [6.07, 6.45) is 0.852. The number of hydrogen-bond donors (Lipinski definition) is 2. The minimum atomic E-state index is -0.777. The second-order valence-electron chi connectivity index (χ2n) is 3.24. The summed E-state index contributed by atoms with van der Waals surface area (Å²) in [5, 5.41) is 6.64. The molecule has 0 saturated carbocycles. The predicted octanol–water partition coefficient (Wildman–Crippen LogP) is 0.264. The zero-order chi connectivity index (χ0) is 11.1. The number of carbonyl (C=O) groups excluding carboxylic acids is 2. The van der Waals surface area contributed by atoms with E-state index in [1.807, 2.05) is 0 Å². The highest BCUT2D eigenvalue weighted by Crippen LogP contribution is 1.99. The van der Waals surface area contributed by atoms with E-state index in [0.29, 0.717) is 0 Å². The van der Waals surface area contributed by atoms with Crippen LogP contribution in [0.2, 0.25) is 0 Å². The van der Waals surface area contributed by atoms with Gasteiger partial charge in [0.15, 0.2) is 5.78 Å². The van der Waals surface area contributed by atoms with E-state index < -0.39 is 12.0 Å². The standard InChI is InChI=1S/C9H16N2O3/c1-6(2)14-9(13)8(11)4-3-7(12)5-10/h5-6,8,10H,3-4,11H2,1-2H3/t8-/m0/s1. The van der Waals surface area contributed by atoms with Crippen molar-refractivity contribution in [2.75, 3.05) is 0 Å². The fourth-order valence-corrected chi connectivity index (χ4v) is 0.807. The third-order valence-corrected chi connectivity index (χ3v) is 1.52. The average Bonchev–Trinajstić information content (AvgIpc) is 2.12. The van der Waals surface area contributed by atoms with E-state index in [0.717, 1.165) is 6.21 Å². The lowest BCUT2D eigenvalue weighted by Gasteiger charge is -2.12. The number of hydrogen-bond acceptors (Lipinski definition) is 5. The number of esters is 1. The lowest BCUT2D eigenvalue weighted by Crippen LogP contribution is -2.34. The maximum absolute atomic E-state index is 11.1. The summed E-state index contributed by atoms with van der Waals surface area (Å²) in [4.78, 5) is 21.8. The predicted molar refractivity (Wildman–Crippen MR) is 52.2 cm³/mol. The Balaban J connectivity index is 3.83. The van der Waals surface area contributed by atoms with Gasteiger partial charge < -0.3 is 15.9 Å². The van der Waals surface area contributed by atoms with Crippen LogP contribution in [0.5, 0.6) is 0 Å². The summed E-state index contributed by atoms with van der Waals surface area (Å²) < 4.78 is 4.85. The largest absolute Gasteiger partial charge is 0.462 e. The van der Waals surface area contributed by atoms with Crippen LogP contribution < -0.4 is 5.73 Å². The van der Waals surface area contributed by atoms with E-state index in [9.17, 15) is 9.59 Å². The van der Waals surface area contributed by atoms with Crippen LogP contribution in [0.4, 0.5) is 0 Å². The van der Waals surface area contributed by atoms with Crippen LogP contribution in [0, 0.1) is 5.41 Å². The zero-order valence-corrected chi connectivity index (χ0v) is 8.45. The second-order valence-corrected chi connectivity index (χ2v) is 3.24. The van der Waals surface area contributed by atoms with Crippen molar-refractivity contribution in [1.82, 2.24) is 0 Å². The molecule has 5 nitrogen and oxygen atoms in total. The smallest absolute Gasteiger partial charge is 0.323 e. The van der Waals surface area contributed by atoms with Crippen LogP contribution in [0.25, 0.3) is 0 Å². The van der Waals surface area contributed by atoms with Crippen molar-refractivity contribution >= 4 is 18.0 Å². The van der Waals surface area contributed by atoms with Gasteiger partial charge in [0, 0.05) is 6.42 Å². The molecule has 0 unspecified atom stereocenters. The number of rotatable bonds is 6. The number of nitrogens with two attached hydrogens (primary N) is 1. The molecule has 0 aliphatic heterocycles. The molecule has 0 amide bonds. The van der Waals surface area contributed by atoms with Gasteiger partial charge in [-0.2, -0.15) is 0 Å². The van der Waals surface area contributed by atoms with Gasteiger partial charge in [-0.3, -0.25) is 9.59 Å². The van der Waals surface area contributed by atoms with Crippen LogP contribution in [0.3, 0.4) is 0 Å². The third kappa shape index (κ3) is 5.42. The van der Waals surface area contributed by atoms with E-state index in [4.69, 9.17) is 15.9 Å². The highest BCUT2D eigenvalue weighted by molar-refractivity contribution is 6.26. The summed E-state index contributed by atoms with van der Waals surface area (Å²) >= 11 is 0. The fraction of sp³-hybridized carbons (Fsp3) is 0.667. The van der Waals surface area contributed by atoms with Crippen molar-refractivity contribution < 1.29 is 14.3 Å². The van der Waals surface area contributed by atoms with Crippen LogP contribution in [-0.2, 0) is 14.3 Å². The molecule has 0 fully saturated rings. The summed E-state index contributed by atoms with van der Waals surface area (Å²) in [7, 11) is 0. The molecule has 0 aromatic rings. The molecule has 5 heteroatoms. The molecule has 1 atom stereocenters. The van der Waals surface area contributed by atoms with Crippen molar-refractivity contribution in [2.45, 2.75) is 38.8 Å². The Morgan fingerprint density at radius 3 is 2.50 bits per heavy atom. The molecule has 3 N–H and O–H groups in total. The lowest BCUT2D eigenvalue weighted by atomic mass is 10.1. The lowest BCUT2D eigenvalue weighted by molar-refractivity contribution is -0.149. The first-order valence-corrected chi connectivity index (χ1v) is 4.46. The zero-order valence-electron chi connectivity index (χ0n) is 8.45. The summed E-state index contributed by atoms with van der Waals surface area (Å²) in [6, 6.07) is -0.777. The van der Waals surface area contributed by atoms with E-state index in [1.165, 1.54) is 0 Å². The molecular formula is C9H16N2O3. The summed E-state index contributed by atoms with van der Waals surface area (Å²) in [5.41, 5.74) is 5.47. The molecule has 0 rings (SSSR count). The van der Waals surface area contributed by atoms with Gasteiger partial charge in [0.2, 0.25) is 0 Å². The summed E-state index contributed by atoms with van der Waals surface area (Å²) in [5.74, 6) is -0.837. The monoisotopic (exact) mass is 200 g/mol. The Labute approximate surface area is 83.1 Å². The van der Waals surface area contributed by atoms with E-state index in [1.54, 1.807) is 13.8 Å². The van der Waals surface area contributed by atoms with Gasteiger partial charge in [0.25, 0.3) is 0 Å². The summed E-state index contributed by atoms with van der Waals surface area (Å²) in [6.45, 7) is 3.46. The maximum Gasteiger partial charge on any atom is 0.323 e. The molecule has 0 heterocycles. The van der Waals surface area contributed by atoms with Gasteiger partial charge in [-0.1, -0.05) is 0 Å². The molecule has 0 saturated heterocycles. The fourth-order valence-electron chi connectivity index (χ4n) is 0.807. The number of carbonyl (C=O) groups is 2. The maximum atomic E-state index is 11.1. The molecule has 0 aliphatic carbocycles. The molecule has 0 radical (unpaired) electrons. The van der Waals surface area contributed by atoms with Crippen molar-refractivity contribution in [3.05, 3.63) is 0 Å². The molecular weight excluding hydrogens is 184 g/mol. The number of nitrogens with one attached hydrogen (secondary N) is 1. The van der Waals surface area contributed by atoms with E-state index in [2.05, 4.69) is 0 Å². The number of ether oxygens (including phenoxy) is 1. The number of ketones is 1. The minimum absolute atomic E-state index is 0.109. The van der Waals surface area contributed by atoms with Crippen LogP contribution >= 0.6 is 0 Å². The van der Waals surface area contributed by atoms with Crippen molar-refractivity contribution in [3.8, 4) is 0 Å². The molecule has 0 aromatic heterocycles. The van der Waals surface area contributed by atoms with Gasteiger partial charge in [-0.05, 0) is 20.3 Å². The Kier molecular flexibility index (Phi) is 5.71. The Morgan fingerprint density at radius 1 is 1.50 bits per heavy atom. The Morgan fingerprint density at radius 2 is 2.07 bits per heavy atom. The van der Waals surface area contributed by atoms with E-state index >= 15 is 0 Å². The quantitative estimate of drug-likeness (QED) is 0.475. The topological polar surface area (TPSA) is 93.2 Å². The third-order valence-electron chi connectivity index (χ3n) is 1.52. The first-order chi connectivity index (χ1) is 6.47. The minimum Gasteiger partial charge on any atom is -0.462 e. The second kappa shape index (κ2) is 6.26. The Bertz CT molecular complexity index is 226. The van der Waals surface area contributed by atoms with Gasteiger partial charge in [-0.15, -0.1) is 0 Å². The van der Waals surface area contributed by atoms with Gasteiger partial charge in [0.05, 0.1) is 12.3 Å². The van der Waals surface area contributed by atoms with Gasteiger partial charge in [0.1, 0.15) is 6.04 Å². The van der Waals surface area contributed by atoms with Crippen molar-refractivity contribution in [1.29, 1.82) is 5.41 Å². The van der Waals surface area contributed by atoms with Crippen molar-refractivity contribution in [3.63, 3.8) is 0 Å². The first kappa shape index (κ1) is 12.8. The van der Waals surface area contributed by atoms with E-state index in [-0.39, 0.29) is 24.7 Å².